The summed E-state index contributed by atoms with van der Waals surface area (Å²) in [5.41, 5.74) is 1.51. The van der Waals surface area contributed by atoms with E-state index >= 15 is 0 Å². The summed E-state index contributed by atoms with van der Waals surface area (Å²) in [6, 6.07) is 11.5. The summed E-state index contributed by atoms with van der Waals surface area (Å²) in [4.78, 5) is 0. The van der Waals surface area contributed by atoms with E-state index in [9.17, 15) is 9.65 Å². The minimum Gasteiger partial charge on any atom is -0.490 e. The van der Waals surface area contributed by atoms with Crippen molar-refractivity contribution in [3.63, 3.8) is 0 Å². The largest absolute Gasteiger partial charge is 0.490 e. The zero-order valence-corrected chi connectivity index (χ0v) is 15.8. The molecule has 0 bridgehead atoms. The van der Waals surface area contributed by atoms with E-state index < -0.39 is 5.82 Å². The maximum absolute atomic E-state index is 13.4. The molecule has 5 heteroatoms. The van der Waals surface area contributed by atoms with Crippen LogP contribution in [0.25, 0.3) is 11.6 Å². The number of nitrogens with zero attached hydrogens (tertiary/aromatic N) is 1. The third-order valence-corrected chi connectivity index (χ3v) is 4.07. The van der Waals surface area contributed by atoms with Gasteiger partial charge < -0.3 is 9.47 Å². The Kier molecular flexibility index (Phi) is 7.06. The molecule has 0 saturated carbocycles. The minimum absolute atomic E-state index is 0.00457. The number of benzene rings is 2. The number of hydrogen-bond acceptors (Lipinski definition) is 3. The molecule has 0 aliphatic carbocycles. The highest BCUT2D eigenvalue weighted by Gasteiger charge is 2.15. The molecular formula is C21H21ClFNO2. The van der Waals surface area contributed by atoms with Crippen LogP contribution in [0, 0.1) is 17.1 Å². The van der Waals surface area contributed by atoms with E-state index in [-0.39, 0.29) is 6.10 Å². The standard InChI is InChI=1S/C21H21ClFNO2/c1-4-14(3)26-21-19(22)10-15(11-20(21)25-5-2)9-17(13-24)16-7-6-8-18(23)12-16/h6-12,14H,4-5H2,1-3H3/b17-9-/t14-/m0/s1. The maximum atomic E-state index is 13.4. The topological polar surface area (TPSA) is 42.2 Å². The van der Waals surface area contributed by atoms with Gasteiger partial charge in [-0.1, -0.05) is 30.7 Å². The van der Waals surface area contributed by atoms with Crippen LogP contribution in [-0.2, 0) is 0 Å². The summed E-state index contributed by atoms with van der Waals surface area (Å²) in [6.45, 7) is 6.30. The van der Waals surface area contributed by atoms with Crippen LogP contribution in [0.3, 0.4) is 0 Å². The molecule has 136 valence electrons. The van der Waals surface area contributed by atoms with Crippen molar-refractivity contribution in [1.29, 1.82) is 5.26 Å². The highest BCUT2D eigenvalue weighted by atomic mass is 35.5. The Labute approximate surface area is 158 Å². The Morgan fingerprint density at radius 1 is 1.31 bits per heavy atom. The van der Waals surface area contributed by atoms with Gasteiger partial charge in [-0.3, -0.25) is 0 Å². The van der Waals surface area contributed by atoms with E-state index in [0.29, 0.717) is 39.8 Å². The molecule has 3 nitrogen and oxygen atoms in total. The summed E-state index contributed by atoms with van der Waals surface area (Å²) in [7, 11) is 0. The van der Waals surface area contributed by atoms with Crippen LogP contribution in [-0.4, -0.2) is 12.7 Å². The summed E-state index contributed by atoms with van der Waals surface area (Å²) in [5.74, 6) is 0.612. The lowest BCUT2D eigenvalue weighted by atomic mass is 10.0. The van der Waals surface area contributed by atoms with Gasteiger partial charge in [-0.05, 0) is 61.7 Å². The quantitative estimate of drug-likeness (QED) is 0.433. The van der Waals surface area contributed by atoms with E-state index in [1.54, 1.807) is 30.3 Å². The van der Waals surface area contributed by atoms with Crippen LogP contribution in [0.1, 0.15) is 38.3 Å². The lowest BCUT2D eigenvalue weighted by Crippen LogP contribution is -2.11. The zero-order valence-electron chi connectivity index (χ0n) is 15.1. The number of nitriles is 1. The Morgan fingerprint density at radius 2 is 2.08 bits per heavy atom. The first-order chi connectivity index (χ1) is 12.5. The number of ether oxygens (including phenoxy) is 2. The van der Waals surface area contributed by atoms with E-state index in [4.69, 9.17) is 21.1 Å². The smallest absolute Gasteiger partial charge is 0.180 e. The summed E-state index contributed by atoms with van der Waals surface area (Å²) >= 11 is 6.39. The van der Waals surface area contributed by atoms with Crippen molar-refractivity contribution in [2.24, 2.45) is 0 Å². The van der Waals surface area contributed by atoms with Crippen LogP contribution >= 0.6 is 11.6 Å². The maximum Gasteiger partial charge on any atom is 0.180 e. The van der Waals surface area contributed by atoms with Crippen LogP contribution < -0.4 is 9.47 Å². The molecule has 2 aromatic carbocycles. The predicted molar refractivity (Wildman–Crippen MR) is 103 cm³/mol. The first-order valence-electron chi connectivity index (χ1n) is 8.49. The fourth-order valence-electron chi connectivity index (χ4n) is 2.34. The first kappa shape index (κ1) is 19.8. The van der Waals surface area contributed by atoms with Gasteiger partial charge >= 0.3 is 0 Å². The van der Waals surface area contributed by atoms with Crippen LogP contribution in [0.5, 0.6) is 11.5 Å². The predicted octanol–water partition coefficient (Wildman–Crippen LogP) is 6.12. The molecule has 2 rings (SSSR count). The summed E-state index contributed by atoms with van der Waals surface area (Å²) < 4.78 is 25.0. The molecule has 0 fully saturated rings. The lowest BCUT2D eigenvalue weighted by Gasteiger charge is -2.18. The third-order valence-electron chi connectivity index (χ3n) is 3.79. The second kappa shape index (κ2) is 9.26. The van der Waals surface area contributed by atoms with Crippen LogP contribution in [0.15, 0.2) is 36.4 Å². The SMILES string of the molecule is CCOc1cc(/C=C(/C#N)c2cccc(F)c2)cc(Cl)c1O[C@@H](C)CC. The monoisotopic (exact) mass is 373 g/mol. The second-order valence-corrected chi connectivity index (χ2v) is 6.19. The van der Waals surface area contributed by atoms with Crippen LogP contribution in [0.4, 0.5) is 4.39 Å². The lowest BCUT2D eigenvalue weighted by molar-refractivity contribution is 0.203. The molecule has 0 aromatic heterocycles. The Balaban J connectivity index is 2.47. The van der Waals surface area contributed by atoms with Crippen molar-refractivity contribution >= 4 is 23.3 Å². The van der Waals surface area contributed by atoms with Gasteiger partial charge in [0, 0.05) is 0 Å². The molecule has 26 heavy (non-hydrogen) atoms. The number of rotatable bonds is 7. The number of hydrogen-bond donors (Lipinski definition) is 0. The molecule has 2 aromatic rings. The molecule has 0 radical (unpaired) electrons. The third kappa shape index (κ3) is 5.00. The van der Waals surface area contributed by atoms with Gasteiger partial charge in [-0.25, -0.2) is 4.39 Å². The molecule has 1 atom stereocenters. The van der Waals surface area contributed by atoms with Gasteiger partial charge in [0.25, 0.3) is 0 Å². The van der Waals surface area contributed by atoms with Gasteiger partial charge in [-0.2, -0.15) is 5.26 Å². The first-order valence-corrected chi connectivity index (χ1v) is 8.87. The average Bonchev–Trinajstić information content (AvgIpc) is 2.62. The van der Waals surface area contributed by atoms with Crippen molar-refractivity contribution in [2.75, 3.05) is 6.61 Å². The molecule has 0 aliphatic heterocycles. The second-order valence-electron chi connectivity index (χ2n) is 5.78. The Morgan fingerprint density at radius 3 is 2.69 bits per heavy atom. The fraction of sp³-hybridized carbons (Fsp3) is 0.286. The van der Waals surface area contributed by atoms with E-state index in [2.05, 4.69) is 6.07 Å². The van der Waals surface area contributed by atoms with E-state index in [0.717, 1.165) is 6.42 Å². The molecule has 0 amide bonds. The highest BCUT2D eigenvalue weighted by molar-refractivity contribution is 6.32. The Hall–Kier alpha value is -2.51. The van der Waals surface area contributed by atoms with Gasteiger partial charge in [0.15, 0.2) is 11.5 Å². The van der Waals surface area contributed by atoms with Crippen molar-refractivity contribution < 1.29 is 13.9 Å². The van der Waals surface area contributed by atoms with Gasteiger partial charge in [0.05, 0.1) is 29.4 Å². The highest BCUT2D eigenvalue weighted by Crippen LogP contribution is 2.38. The molecule has 0 N–H and O–H groups in total. The van der Waals surface area contributed by atoms with E-state index in [1.165, 1.54) is 12.1 Å². The number of allylic oxidation sites excluding steroid dienone is 1. The van der Waals surface area contributed by atoms with Crippen LogP contribution in [0.2, 0.25) is 5.02 Å². The zero-order chi connectivity index (χ0) is 19.1. The molecule has 0 heterocycles. The van der Waals surface area contributed by atoms with Crippen molar-refractivity contribution in [3.8, 4) is 17.6 Å². The molecule has 0 aliphatic rings. The summed E-state index contributed by atoms with van der Waals surface area (Å²) in [5, 5.41) is 9.85. The van der Waals surface area contributed by atoms with Gasteiger partial charge in [0.1, 0.15) is 5.82 Å². The van der Waals surface area contributed by atoms with E-state index in [1.807, 2.05) is 20.8 Å². The molecular weight excluding hydrogens is 353 g/mol. The van der Waals surface area contributed by atoms with Crippen molar-refractivity contribution in [3.05, 3.63) is 58.4 Å². The molecule has 0 unspecified atom stereocenters. The van der Waals surface area contributed by atoms with Crippen molar-refractivity contribution in [2.45, 2.75) is 33.3 Å². The summed E-state index contributed by atoms with van der Waals surface area (Å²) in [6.07, 6.45) is 2.48. The number of halogens is 2. The average molecular weight is 374 g/mol. The Bertz CT molecular complexity index is 842. The minimum atomic E-state index is -0.394. The van der Waals surface area contributed by atoms with Gasteiger partial charge in [0.2, 0.25) is 0 Å². The molecule has 0 spiro atoms. The van der Waals surface area contributed by atoms with Crippen molar-refractivity contribution in [1.82, 2.24) is 0 Å². The molecule has 0 saturated heterocycles. The fourth-order valence-corrected chi connectivity index (χ4v) is 2.60. The normalized spacial score (nSPS) is 12.4. The van der Waals surface area contributed by atoms with Gasteiger partial charge in [-0.15, -0.1) is 0 Å².